The van der Waals surface area contributed by atoms with Crippen LogP contribution in [0.5, 0.6) is 0 Å². The van der Waals surface area contributed by atoms with Gasteiger partial charge in [0, 0.05) is 73.0 Å². The van der Waals surface area contributed by atoms with Crippen molar-refractivity contribution in [1.29, 1.82) is 0 Å². The average molecular weight is 1180 g/mol. The Balaban J connectivity index is 0.000000136. The van der Waals surface area contributed by atoms with Gasteiger partial charge in [-0.3, -0.25) is 14.4 Å². The summed E-state index contributed by atoms with van der Waals surface area (Å²) in [5, 5.41) is 22.4. The molecule has 24 nitrogen and oxygen atoms in total. The van der Waals surface area contributed by atoms with Crippen molar-refractivity contribution in [3.63, 3.8) is 0 Å². The smallest absolute Gasteiger partial charge is 0.256 e. The van der Waals surface area contributed by atoms with Crippen LogP contribution in [0, 0.1) is 17.5 Å². The molecule has 9 heterocycles. The van der Waals surface area contributed by atoms with Gasteiger partial charge in [0.1, 0.15) is 34.9 Å². The molecule has 0 spiro atoms. The third kappa shape index (κ3) is 11.4. The van der Waals surface area contributed by atoms with Crippen LogP contribution >= 0.6 is 0 Å². The van der Waals surface area contributed by atoms with Crippen molar-refractivity contribution in [2.24, 2.45) is 0 Å². The molecule has 30 heteroatoms. The fraction of sp³-hybridized carbons (Fsp3) is 0.412. The van der Waals surface area contributed by atoms with Crippen LogP contribution in [0.15, 0.2) is 54.6 Å². The third-order valence-electron chi connectivity index (χ3n) is 15.5. The topological polar surface area (TPSA) is 331 Å². The van der Waals surface area contributed by atoms with Crippen molar-refractivity contribution in [3.8, 4) is 0 Å². The second-order valence-corrected chi connectivity index (χ2v) is 26.7. The monoisotopic (exact) mass is 1180 g/mol. The van der Waals surface area contributed by atoms with E-state index in [2.05, 4.69) is 31.2 Å². The number of nitrogens with zero attached hydrogens (tertiary/aromatic N) is 9. The highest BCUT2D eigenvalue weighted by molar-refractivity contribution is 7.88. The van der Waals surface area contributed by atoms with Gasteiger partial charge in [-0.1, -0.05) is 0 Å². The number of nitrogen functional groups attached to an aromatic ring is 3. The normalized spacial score (nSPS) is 19.9. The Morgan fingerprint density at radius 2 is 0.728 bits per heavy atom. The van der Waals surface area contributed by atoms with E-state index in [1.165, 1.54) is 49.3 Å². The summed E-state index contributed by atoms with van der Waals surface area (Å²) in [7, 11) is -10.0. The molecule has 0 aliphatic carbocycles. The lowest BCUT2D eigenvalue weighted by molar-refractivity contribution is 0.0851. The SMILES string of the molecule is CS(=O)(=O)N1CCc2c(nn(C(=O)C3CCNc4ccc(F)cc43)c2N)C1.CS(=O)(=O)N1CCc2c(nn(C(=O)[C@@H]3CCNc4ccc(F)cc43)c2N)C1.CS(=O)(=O)N1CCc2c(nn(C(=O)[C@H]3CCNc4ccc(F)cc43)c2N)C1. The standard InChI is InChI=1S/3C17H20FN5O3S/c3*1-27(25,26)22-7-5-12-15(9-22)21-23(16(12)19)17(24)11-4-6-20-14-3-2-10(18)8-13(11)14/h3*2-3,8,11,20H,4-7,9,19H2,1H3/t2*11-;/m10./s1. The Morgan fingerprint density at radius 3 is 0.975 bits per heavy atom. The van der Waals surface area contributed by atoms with E-state index >= 15 is 0 Å². The molecule has 0 radical (unpaired) electrons. The van der Waals surface area contributed by atoms with Gasteiger partial charge in [-0.05, 0) is 110 Å². The molecule has 3 atom stereocenters. The predicted octanol–water partition coefficient (Wildman–Crippen LogP) is 3.49. The summed E-state index contributed by atoms with van der Waals surface area (Å²) in [4.78, 5) is 39.4. The summed E-state index contributed by atoms with van der Waals surface area (Å²) >= 11 is 0. The van der Waals surface area contributed by atoms with Crippen molar-refractivity contribution in [2.75, 3.05) is 91.2 Å². The predicted molar refractivity (Wildman–Crippen MR) is 295 cm³/mol. The van der Waals surface area contributed by atoms with Crippen LogP contribution in [-0.4, -0.2) is 143 Å². The van der Waals surface area contributed by atoms with Crippen molar-refractivity contribution < 1.29 is 52.8 Å². The Hall–Kier alpha value is -7.38. The van der Waals surface area contributed by atoms with E-state index < -0.39 is 65.3 Å². The highest BCUT2D eigenvalue weighted by Crippen LogP contribution is 2.38. The van der Waals surface area contributed by atoms with E-state index in [1.807, 2.05) is 0 Å². The number of nitrogens with two attached hydrogens (primary N) is 3. The van der Waals surface area contributed by atoms with Gasteiger partial charge in [0.05, 0.1) is 73.2 Å². The van der Waals surface area contributed by atoms with E-state index in [-0.39, 0.29) is 54.8 Å². The minimum Gasteiger partial charge on any atom is -0.385 e. The molecule has 12 rings (SSSR count). The van der Waals surface area contributed by atoms with Crippen molar-refractivity contribution in [3.05, 3.63) is 123 Å². The van der Waals surface area contributed by atoms with Crippen LogP contribution in [-0.2, 0) is 69.0 Å². The molecule has 3 aromatic heterocycles. The maximum atomic E-state index is 13.7. The number of aromatic nitrogens is 6. The Kier molecular flexibility index (Phi) is 15.3. The molecule has 6 aromatic rings. The molecule has 432 valence electrons. The fourth-order valence-corrected chi connectivity index (χ4v) is 13.6. The van der Waals surface area contributed by atoms with Gasteiger partial charge in [0.2, 0.25) is 30.1 Å². The zero-order valence-corrected chi connectivity index (χ0v) is 46.8. The highest BCUT2D eigenvalue weighted by atomic mass is 32.2. The molecule has 0 saturated heterocycles. The third-order valence-corrected chi connectivity index (χ3v) is 19.2. The summed E-state index contributed by atoms with van der Waals surface area (Å²) in [6, 6.07) is 13.0. The summed E-state index contributed by atoms with van der Waals surface area (Å²) < 4.78 is 119. The number of carbonyl (C=O) groups is 3. The molecule has 81 heavy (non-hydrogen) atoms. The van der Waals surface area contributed by atoms with Gasteiger partial charge in [-0.15, -0.1) is 0 Å². The van der Waals surface area contributed by atoms with Crippen molar-refractivity contribution in [1.82, 2.24) is 42.3 Å². The maximum Gasteiger partial charge on any atom is 0.256 e. The molecular weight excluding hydrogens is 1120 g/mol. The molecule has 0 bridgehead atoms. The van der Waals surface area contributed by atoms with E-state index in [0.717, 1.165) is 49.9 Å². The van der Waals surface area contributed by atoms with Crippen LogP contribution in [0.2, 0.25) is 0 Å². The molecule has 1 unspecified atom stereocenters. The minimum absolute atomic E-state index is 0.0933. The number of rotatable bonds is 6. The first-order chi connectivity index (χ1) is 38.3. The van der Waals surface area contributed by atoms with Crippen molar-refractivity contribution >= 4 is 82.3 Å². The van der Waals surface area contributed by atoms with Gasteiger partial charge in [-0.2, -0.15) is 42.3 Å². The summed E-state index contributed by atoms with van der Waals surface area (Å²) in [5.41, 5.74) is 26.0. The lowest BCUT2D eigenvalue weighted by Gasteiger charge is -2.25. The summed E-state index contributed by atoms with van der Waals surface area (Å²) in [6.45, 7) is 2.93. The molecule has 0 amide bonds. The lowest BCUT2D eigenvalue weighted by Crippen LogP contribution is -2.35. The van der Waals surface area contributed by atoms with Gasteiger partial charge in [0.25, 0.3) is 17.7 Å². The number of carbonyl (C=O) groups excluding carboxylic acids is 3. The number of hydrogen-bond acceptors (Lipinski definition) is 18. The quantitative estimate of drug-likeness (QED) is 0.139. The van der Waals surface area contributed by atoms with E-state index in [4.69, 9.17) is 17.2 Å². The van der Waals surface area contributed by atoms with Gasteiger partial charge >= 0.3 is 0 Å². The number of benzene rings is 3. The molecule has 0 fully saturated rings. The minimum atomic E-state index is -3.35. The Morgan fingerprint density at radius 1 is 0.469 bits per heavy atom. The number of anilines is 6. The number of halogens is 3. The molecule has 3 aromatic carbocycles. The van der Waals surface area contributed by atoms with Gasteiger partial charge in [0.15, 0.2) is 0 Å². The van der Waals surface area contributed by atoms with Crippen LogP contribution in [0.3, 0.4) is 0 Å². The first-order valence-electron chi connectivity index (χ1n) is 25.9. The highest BCUT2D eigenvalue weighted by Gasteiger charge is 2.38. The molecule has 6 aliphatic rings. The second kappa shape index (κ2) is 21.8. The number of hydrogen-bond donors (Lipinski definition) is 6. The van der Waals surface area contributed by atoms with E-state index in [0.29, 0.717) is 128 Å². The number of fused-ring (bicyclic) bond motifs is 6. The van der Waals surface area contributed by atoms with Crippen LogP contribution in [0.25, 0.3) is 0 Å². The average Bonchev–Trinajstić information content (AvgIpc) is 4.16. The molecular formula is C51H60F3N15O9S3. The molecule has 9 N–H and O–H groups in total. The fourth-order valence-electron chi connectivity index (χ4n) is 11.2. The van der Waals surface area contributed by atoms with Crippen LogP contribution < -0.4 is 33.2 Å². The summed E-state index contributed by atoms with van der Waals surface area (Å²) in [5.74, 6) is -3.21. The van der Waals surface area contributed by atoms with Gasteiger partial charge in [-0.25, -0.2) is 38.4 Å². The van der Waals surface area contributed by atoms with Crippen LogP contribution in [0.1, 0.15) is 102 Å². The second-order valence-electron chi connectivity index (χ2n) is 20.7. The van der Waals surface area contributed by atoms with Crippen LogP contribution in [0.4, 0.5) is 47.7 Å². The zero-order valence-electron chi connectivity index (χ0n) is 44.3. The summed E-state index contributed by atoms with van der Waals surface area (Å²) in [6.07, 6.45) is 6.12. The van der Waals surface area contributed by atoms with E-state index in [9.17, 15) is 52.8 Å². The van der Waals surface area contributed by atoms with E-state index in [1.54, 1.807) is 18.2 Å². The molecule has 6 aliphatic heterocycles. The number of sulfonamides is 3. The lowest BCUT2D eigenvalue weighted by atomic mass is 9.90. The number of nitrogens with one attached hydrogen (secondary N) is 3. The first-order valence-corrected chi connectivity index (χ1v) is 31.5. The molecule has 0 saturated carbocycles. The van der Waals surface area contributed by atoms with Gasteiger partial charge < -0.3 is 33.2 Å². The Labute approximate surface area is 464 Å². The Bertz CT molecular complexity index is 3490. The van der Waals surface area contributed by atoms with Crippen molar-refractivity contribution in [2.45, 2.75) is 75.9 Å². The first kappa shape index (κ1) is 56.9. The largest absolute Gasteiger partial charge is 0.385 e. The zero-order chi connectivity index (χ0) is 58.0. The maximum absolute atomic E-state index is 13.7.